The van der Waals surface area contributed by atoms with E-state index in [9.17, 15) is 18.0 Å². The minimum atomic E-state index is -3.82. The number of primary amides is 1. The maximum absolute atomic E-state index is 11.5. The van der Waals surface area contributed by atoms with Crippen LogP contribution in [0.15, 0.2) is 0 Å². The highest BCUT2D eigenvalue weighted by Gasteiger charge is 2.35. The van der Waals surface area contributed by atoms with Gasteiger partial charge >= 0.3 is 5.97 Å². The number of rotatable bonds is 6. The molecule has 6 nitrogen and oxygen atoms in total. The molecule has 88 valence electrons. The van der Waals surface area contributed by atoms with Crippen molar-refractivity contribution in [2.45, 2.75) is 25.5 Å². The highest BCUT2D eigenvalue weighted by Crippen LogP contribution is 2.14. The molecule has 15 heavy (non-hydrogen) atoms. The van der Waals surface area contributed by atoms with Crippen molar-refractivity contribution in [1.29, 1.82) is 0 Å². The fourth-order valence-corrected chi connectivity index (χ4v) is 3.10. The van der Waals surface area contributed by atoms with E-state index in [-0.39, 0.29) is 6.42 Å². The van der Waals surface area contributed by atoms with Gasteiger partial charge in [0.15, 0.2) is 15.1 Å². The Balaban J connectivity index is 4.81. The van der Waals surface area contributed by atoms with E-state index in [0.717, 1.165) is 0 Å². The Hall–Kier alpha value is -1.11. The summed E-state index contributed by atoms with van der Waals surface area (Å²) in [5, 5.41) is 7.27. The number of carbonyl (C=O) groups is 2. The standard InChI is InChI=1S/C8H15NO5S/c1-5(2)7(8(11)12)15(13,14)4-3-6(9)10/h5,7H,3-4H2,1-2H3,(H2,9,10)(H,11,12). The van der Waals surface area contributed by atoms with E-state index in [2.05, 4.69) is 0 Å². The summed E-state index contributed by atoms with van der Waals surface area (Å²) in [7, 11) is -3.82. The summed E-state index contributed by atoms with van der Waals surface area (Å²) >= 11 is 0. The molecule has 0 aliphatic heterocycles. The summed E-state index contributed by atoms with van der Waals surface area (Å²) in [6, 6.07) is 0. The lowest BCUT2D eigenvalue weighted by Gasteiger charge is -2.16. The number of aliphatic carboxylic acids is 1. The van der Waals surface area contributed by atoms with Crippen molar-refractivity contribution in [3.8, 4) is 0 Å². The molecule has 0 aromatic rings. The Labute approximate surface area is 88.4 Å². The van der Waals surface area contributed by atoms with Crippen LogP contribution in [0.4, 0.5) is 0 Å². The van der Waals surface area contributed by atoms with Crippen LogP contribution in [0.1, 0.15) is 20.3 Å². The molecule has 0 aromatic heterocycles. The van der Waals surface area contributed by atoms with E-state index in [0.29, 0.717) is 0 Å². The van der Waals surface area contributed by atoms with Gasteiger partial charge in [0.2, 0.25) is 5.91 Å². The normalized spacial score (nSPS) is 13.8. The molecule has 3 N–H and O–H groups in total. The van der Waals surface area contributed by atoms with Gasteiger partial charge in [0.25, 0.3) is 0 Å². The first kappa shape index (κ1) is 13.9. The van der Waals surface area contributed by atoms with Gasteiger partial charge in [0, 0.05) is 6.42 Å². The number of carboxylic acids is 1. The van der Waals surface area contributed by atoms with Crippen LogP contribution in [0.25, 0.3) is 0 Å². The van der Waals surface area contributed by atoms with Gasteiger partial charge in [0.1, 0.15) is 0 Å². The number of carbonyl (C=O) groups excluding carboxylic acids is 1. The van der Waals surface area contributed by atoms with Crippen molar-refractivity contribution in [2.24, 2.45) is 11.7 Å². The second-order valence-electron chi connectivity index (χ2n) is 3.59. The highest BCUT2D eigenvalue weighted by molar-refractivity contribution is 7.92. The second kappa shape index (κ2) is 5.11. The SMILES string of the molecule is CC(C)C(C(=O)O)S(=O)(=O)CCC(N)=O. The molecule has 0 heterocycles. The largest absolute Gasteiger partial charge is 0.480 e. The predicted molar refractivity (Wildman–Crippen MR) is 53.9 cm³/mol. The van der Waals surface area contributed by atoms with Gasteiger partial charge in [-0.3, -0.25) is 9.59 Å². The van der Waals surface area contributed by atoms with Crippen LogP contribution in [-0.4, -0.2) is 36.4 Å². The Morgan fingerprint density at radius 1 is 1.33 bits per heavy atom. The molecule has 0 radical (unpaired) electrons. The van der Waals surface area contributed by atoms with Crippen LogP contribution < -0.4 is 5.73 Å². The fraction of sp³-hybridized carbons (Fsp3) is 0.750. The molecule has 1 amide bonds. The van der Waals surface area contributed by atoms with Crippen molar-refractivity contribution >= 4 is 21.7 Å². The lowest BCUT2D eigenvalue weighted by Crippen LogP contribution is -2.37. The molecule has 0 rings (SSSR count). The minimum absolute atomic E-state index is 0.348. The summed E-state index contributed by atoms with van der Waals surface area (Å²) in [5.41, 5.74) is 4.80. The third-order valence-electron chi connectivity index (χ3n) is 1.87. The van der Waals surface area contributed by atoms with Crippen LogP contribution in [-0.2, 0) is 19.4 Å². The lowest BCUT2D eigenvalue weighted by molar-refractivity contribution is -0.137. The average Bonchev–Trinajstić information content (AvgIpc) is 1.98. The zero-order valence-electron chi connectivity index (χ0n) is 8.63. The molecular formula is C8H15NO5S. The molecule has 0 saturated heterocycles. The monoisotopic (exact) mass is 237 g/mol. The van der Waals surface area contributed by atoms with Crippen molar-refractivity contribution in [3.05, 3.63) is 0 Å². The Morgan fingerprint density at radius 2 is 1.80 bits per heavy atom. The molecule has 0 aromatic carbocycles. The summed E-state index contributed by atoms with van der Waals surface area (Å²) in [5.74, 6) is -3.21. The fourth-order valence-electron chi connectivity index (χ4n) is 1.22. The van der Waals surface area contributed by atoms with Gasteiger partial charge in [-0.25, -0.2) is 8.42 Å². The number of amides is 1. The number of hydrogen-bond donors (Lipinski definition) is 2. The third-order valence-corrected chi connectivity index (χ3v) is 4.16. The molecular weight excluding hydrogens is 222 g/mol. The van der Waals surface area contributed by atoms with Gasteiger partial charge in [0.05, 0.1) is 5.75 Å². The Kier molecular flexibility index (Phi) is 4.73. The summed E-state index contributed by atoms with van der Waals surface area (Å²) in [6.07, 6.45) is -0.348. The topological polar surface area (TPSA) is 115 Å². The van der Waals surface area contributed by atoms with Crippen LogP contribution in [0.5, 0.6) is 0 Å². The molecule has 0 spiro atoms. The van der Waals surface area contributed by atoms with E-state index < -0.39 is 38.6 Å². The second-order valence-corrected chi connectivity index (χ2v) is 5.83. The summed E-state index contributed by atoms with van der Waals surface area (Å²) in [6.45, 7) is 3.00. The van der Waals surface area contributed by atoms with Crippen LogP contribution in [0.2, 0.25) is 0 Å². The quantitative estimate of drug-likeness (QED) is 0.639. The van der Waals surface area contributed by atoms with Gasteiger partial charge in [-0.2, -0.15) is 0 Å². The minimum Gasteiger partial charge on any atom is -0.480 e. The zero-order valence-corrected chi connectivity index (χ0v) is 9.45. The van der Waals surface area contributed by atoms with E-state index in [1.54, 1.807) is 0 Å². The van der Waals surface area contributed by atoms with Crippen LogP contribution in [0.3, 0.4) is 0 Å². The summed E-state index contributed by atoms with van der Waals surface area (Å²) in [4.78, 5) is 21.2. The predicted octanol–water partition coefficient (Wildman–Crippen LogP) is -0.614. The van der Waals surface area contributed by atoms with Crippen LogP contribution >= 0.6 is 0 Å². The third kappa shape index (κ3) is 4.28. The zero-order chi connectivity index (χ0) is 12.2. The Bertz CT molecular complexity index is 346. The number of sulfone groups is 1. The van der Waals surface area contributed by atoms with Crippen molar-refractivity contribution in [3.63, 3.8) is 0 Å². The van der Waals surface area contributed by atoms with E-state index in [4.69, 9.17) is 10.8 Å². The number of hydrogen-bond acceptors (Lipinski definition) is 4. The molecule has 0 bridgehead atoms. The summed E-state index contributed by atoms with van der Waals surface area (Å²) < 4.78 is 23.1. The average molecular weight is 237 g/mol. The lowest BCUT2D eigenvalue weighted by atomic mass is 10.1. The smallest absolute Gasteiger partial charge is 0.322 e. The maximum atomic E-state index is 11.5. The van der Waals surface area contributed by atoms with E-state index in [1.165, 1.54) is 13.8 Å². The highest BCUT2D eigenvalue weighted by atomic mass is 32.2. The molecule has 1 atom stereocenters. The molecule has 0 aliphatic carbocycles. The molecule has 0 saturated carbocycles. The van der Waals surface area contributed by atoms with Gasteiger partial charge in [-0.05, 0) is 5.92 Å². The first-order valence-corrected chi connectivity index (χ1v) is 6.12. The first-order valence-electron chi connectivity index (χ1n) is 4.41. The molecule has 0 aliphatic rings. The molecule has 1 unspecified atom stereocenters. The van der Waals surface area contributed by atoms with Crippen LogP contribution in [0, 0.1) is 5.92 Å². The van der Waals surface area contributed by atoms with E-state index >= 15 is 0 Å². The van der Waals surface area contributed by atoms with E-state index in [1.807, 2.05) is 0 Å². The van der Waals surface area contributed by atoms with Crippen molar-refractivity contribution in [2.75, 3.05) is 5.75 Å². The van der Waals surface area contributed by atoms with Crippen molar-refractivity contribution < 1.29 is 23.1 Å². The maximum Gasteiger partial charge on any atom is 0.322 e. The molecule has 0 fully saturated rings. The molecule has 7 heteroatoms. The van der Waals surface area contributed by atoms with Gasteiger partial charge in [-0.15, -0.1) is 0 Å². The Morgan fingerprint density at radius 3 is 2.07 bits per heavy atom. The number of nitrogens with two attached hydrogens (primary N) is 1. The number of carboxylic acid groups (broad SMARTS) is 1. The van der Waals surface area contributed by atoms with Gasteiger partial charge < -0.3 is 10.8 Å². The van der Waals surface area contributed by atoms with Gasteiger partial charge in [-0.1, -0.05) is 13.8 Å². The van der Waals surface area contributed by atoms with Crippen molar-refractivity contribution in [1.82, 2.24) is 0 Å². The first-order chi connectivity index (χ1) is 6.68.